The lowest BCUT2D eigenvalue weighted by atomic mass is 10.1. The molecule has 0 unspecified atom stereocenters. The smallest absolute Gasteiger partial charge is 0.150 e. The molecule has 0 aliphatic rings. The molecule has 4 heteroatoms. The summed E-state index contributed by atoms with van der Waals surface area (Å²) < 4.78 is 2.02. The summed E-state index contributed by atoms with van der Waals surface area (Å²) in [5, 5.41) is 8.06. The van der Waals surface area contributed by atoms with Crippen LogP contribution in [0.15, 0.2) is 36.7 Å². The fourth-order valence-electron chi connectivity index (χ4n) is 1.87. The van der Waals surface area contributed by atoms with E-state index in [9.17, 15) is 0 Å². The van der Waals surface area contributed by atoms with E-state index in [1.54, 1.807) is 6.33 Å². The zero-order chi connectivity index (χ0) is 12.3. The van der Waals surface area contributed by atoms with Crippen LogP contribution in [0.2, 0.25) is 0 Å². The van der Waals surface area contributed by atoms with Crippen LogP contribution in [0, 0.1) is 0 Å². The molecular formula is C13H18N4. The normalized spacial score (nSPS) is 12.9. The highest BCUT2D eigenvalue weighted by molar-refractivity contribution is 5.17. The predicted octanol–water partition coefficient (Wildman–Crippen LogP) is 2.10. The quantitative estimate of drug-likeness (QED) is 0.875. The minimum absolute atomic E-state index is 0.109. The first kappa shape index (κ1) is 11.8. The summed E-state index contributed by atoms with van der Waals surface area (Å²) in [7, 11) is 0. The lowest BCUT2D eigenvalue weighted by Crippen LogP contribution is -2.19. The second-order valence-electron chi connectivity index (χ2n) is 4.49. The third kappa shape index (κ3) is 2.71. The van der Waals surface area contributed by atoms with Gasteiger partial charge in [0.2, 0.25) is 0 Å². The first-order chi connectivity index (χ1) is 8.18. The Hall–Kier alpha value is -1.68. The van der Waals surface area contributed by atoms with Crippen molar-refractivity contribution in [2.75, 3.05) is 0 Å². The van der Waals surface area contributed by atoms with Gasteiger partial charge in [0.05, 0.1) is 6.04 Å². The van der Waals surface area contributed by atoms with Gasteiger partial charge in [0.15, 0.2) is 0 Å². The van der Waals surface area contributed by atoms with Gasteiger partial charge in [-0.3, -0.25) is 0 Å². The molecule has 17 heavy (non-hydrogen) atoms. The maximum Gasteiger partial charge on any atom is 0.150 e. The molecule has 2 aromatic rings. The summed E-state index contributed by atoms with van der Waals surface area (Å²) in [4.78, 5) is 0. The Balaban J connectivity index is 2.15. The molecule has 90 valence electrons. The van der Waals surface area contributed by atoms with Crippen LogP contribution in [0.3, 0.4) is 0 Å². The summed E-state index contributed by atoms with van der Waals surface area (Å²) in [6.45, 7) is 4.20. The maximum absolute atomic E-state index is 6.19. The molecule has 1 atom stereocenters. The Bertz CT molecular complexity index is 461. The van der Waals surface area contributed by atoms with Gasteiger partial charge >= 0.3 is 0 Å². The highest BCUT2D eigenvalue weighted by atomic mass is 15.3. The van der Waals surface area contributed by atoms with Crippen molar-refractivity contribution in [1.82, 2.24) is 14.8 Å². The number of rotatable bonds is 4. The van der Waals surface area contributed by atoms with E-state index in [1.807, 2.05) is 22.8 Å². The second-order valence-corrected chi connectivity index (χ2v) is 4.49. The van der Waals surface area contributed by atoms with Gasteiger partial charge in [-0.15, -0.1) is 10.2 Å². The SMILES string of the molecule is CC(C)n1cnnc1[C@H](N)Cc1ccccc1. The molecule has 0 radical (unpaired) electrons. The van der Waals surface area contributed by atoms with E-state index < -0.39 is 0 Å². The monoisotopic (exact) mass is 230 g/mol. The number of nitrogens with two attached hydrogens (primary N) is 1. The number of hydrogen-bond acceptors (Lipinski definition) is 3. The molecule has 0 spiro atoms. The molecule has 4 nitrogen and oxygen atoms in total. The maximum atomic E-state index is 6.19. The molecule has 2 N–H and O–H groups in total. The molecule has 0 saturated heterocycles. The summed E-state index contributed by atoms with van der Waals surface area (Å²) >= 11 is 0. The highest BCUT2D eigenvalue weighted by Crippen LogP contribution is 2.16. The standard InChI is InChI=1S/C13H18N4/c1-10(2)17-9-15-16-13(17)12(14)8-11-6-4-3-5-7-11/h3-7,9-10,12H,8,14H2,1-2H3/t12-/m1/s1. The molecule has 0 saturated carbocycles. The molecular weight excluding hydrogens is 212 g/mol. The van der Waals surface area contributed by atoms with Crippen LogP contribution >= 0.6 is 0 Å². The first-order valence-corrected chi connectivity index (χ1v) is 5.87. The lowest BCUT2D eigenvalue weighted by Gasteiger charge is -2.15. The van der Waals surface area contributed by atoms with Crippen molar-refractivity contribution in [3.05, 3.63) is 48.0 Å². The van der Waals surface area contributed by atoms with Gasteiger partial charge in [-0.25, -0.2) is 0 Å². The minimum atomic E-state index is -0.109. The molecule has 0 fully saturated rings. The third-order valence-corrected chi connectivity index (χ3v) is 2.79. The molecule has 0 aliphatic carbocycles. The van der Waals surface area contributed by atoms with Crippen molar-refractivity contribution in [3.8, 4) is 0 Å². The van der Waals surface area contributed by atoms with Gasteiger partial charge in [0.1, 0.15) is 12.2 Å². The lowest BCUT2D eigenvalue weighted by molar-refractivity contribution is 0.528. The van der Waals surface area contributed by atoms with Crippen molar-refractivity contribution >= 4 is 0 Å². The highest BCUT2D eigenvalue weighted by Gasteiger charge is 2.15. The van der Waals surface area contributed by atoms with Gasteiger partial charge in [0, 0.05) is 6.04 Å². The molecule has 1 aromatic heterocycles. The van der Waals surface area contributed by atoms with Crippen molar-refractivity contribution in [2.24, 2.45) is 5.73 Å². The van der Waals surface area contributed by atoms with Crippen LogP contribution in [0.4, 0.5) is 0 Å². The zero-order valence-electron chi connectivity index (χ0n) is 10.2. The predicted molar refractivity (Wildman–Crippen MR) is 67.5 cm³/mol. The van der Waals surface area contributed by atoms with Gasteiger partial charge in [-0.1, -0.05) is 30.3 Å². The van der Waals surface area contributed by atoms with E-state index in [0.717, 1.165) is 12.2 Å². The fraction of sp³-hybridized carbons (Fsp3) is 0.385. The Labute approximate surface area is 101 Å². The van der Waals surface area contributed by atoms with Crippen LogP contribution in [0.25, 0.3) is 0 Å². The largest absolute Gasteiger partial charge is 0.321 e. The molecule has 0 amide bonds. The van der Waals surface area contributed by atoms with Gasteiger partial charge < -0.3 is 10.3 Å². The van der Waals surface area contributed by atoms with E-state index in [-0.39, 0.29) is 6.04 Å². The molecule has 1 heterocycles. The molecule has 1 aromatic carbocycles. The second kappa shape index (κ2) is 5.10. The Morgan fingerprint density at radius 1 is 1.24 bits per heavy atom. The average Bonchev–Trinajstić information content (AvgIpc) is 2.79. The third-order valence-electron chi connectivity index (χ3n) is 2.79. The van der Waals surface area contributed by atoms with E-state index >= 15 is 0 Å². The van der Waals surface area contributed by atoms with Crippen molar-refractivity contribution in [3.63, 3.8) is 0 Å². The van der Waals surface area contributed by atoms with Crippen LogP contribution < -0.4 is 5.73 Å². The van der Waals surface area contributed by atoms with Crippen LogP contribution in [0.1, 0.15) is 37.3 Å². The molecule has 0 bridgehead atoms. The van der Waals surface area contributed by atoms with Crippen LogP contribution in [-0.4, -0.2) is 14.8 Å². The van der Waals surface area contributed by atoms with E-state index in [4.69, 9.17) is 5.73 Å². The Morgan fingerprint density at radius 2 is 1.94 bits per heavy atom. The Morgan fingerprint density at radius 3 is 2.59 bits per heavy atom. The minimum Gasteiger partial charge on any atom is -0.321 e. The summed E-state index contributed by atoms with van der Waals surface area (Å²) in [5.41, 5.74) is 7.41. The topological polar surface area (TPSA) is 56.7 Å². The van der Waals surface area contributed by atoms with Crippen LogP contribution in [-0.2, 0) is 6.42 Å². The number of nitrogens with zero attached hydrogens (tertiary/aromatic N) is 3. The van der Waals surface area contributed by atoms with Gasteiger partial charge in [-0.2, -0.15) is 0 Å². The molecule has 2 rings (SSSR count). The van der Waals surface area contributed by atoms with E-state index in [2.05, 4.69) is 36.2 Å². The van der Waals surface area contributed by atoms with Crippen molar-refractivity contribution in [1.29, 1.82) is 0 Å². The van der Waals surface area contributed by atoms with E-state index in [0.29, 0.717) is 6.04 Å². The van der Waals surface area contributed by atoms with Crippen molar-refractivity contribution in [2.45, 2.75) is 32.4 Å². The molecule has 0 aliphatic heterocycles. The number of hydrogen-bond donors (Lipinski definition) is 1. The average molecular weight is 230 g/mol. The van der Waals surface area contributed by atoms with Crippen molar-refractivity contribution < 1.29 is 0 Å². The first-order valence-electron chi connectivity index (χ1n) is 5.87. The van der Waals surface area contributed by atoms with Gasteiger partial charge in [-0.05, 0) is 25.8 Å². The number of benzene rings is 1. The van der Waals surface area contributed by atoms with Crippen LogP contribution in [0.5, 0.6) is 0 Å². The fourth-order valence-corrected chi connectivity index (χ4v) is 1.87. The van der Waals surface area contributed by atoms with Gasteiger partial charge in [0.25, 0.3) is 0 Å². The summed E-state index contributed by atoms with van der Waals surface area (Å²) in [5.74, 6) is 0.851. The van der Waals surface area contributed by atoms with E-state index in [1.165, 1.54) is 5.56 Å². The Kier molecular flexibility index (Phi) is 3.54. The number of aromatic nitrogens is 3. The zero-order valence-corrected chi connectivity index (χ0v) is 10.2. The summed E-state index contributed by atoms with van der Waals surface area (Å²) in [6, 6.07) is 10.4. The summed E-state index contributed by atoms with van der Waals surface area (Å²) in [6.07, 6.45) is 2.52.